The van der Waals surface area contributed by atoms with Gasteiger partial charge in [0.2, 0.25) is 6.35 Å². The standard InChI is InChI=1S/C25H30IN3O2/c1-2-29-24(30)22(17-20-9-6-10-21(26)16-20)23(27-25(29)31)28-13-11-19(12-14-28)15-18-7-4-3-5-8-18/h3-10,16,19,25,27,31H,2,11-15,17H2,1H3. The number of nitrogens with zero attached hydrogens (tertiary/aromatic N) is 2. The molecule has 0 bridgehead atoms. The van der Waals surface area contributed by atoms with E-state index in [4.69, 9.17) is 0 Å². The quantitative estimate of drug-likeness (QED) is 0.559. The molecule has 1 saturated heterocycles. The fraction of sp³-hybridized carbons (Fsp3) is 0.400. The predicted molar refractivity (Wildman–Crippen MR) is 131 cm³/mol. The van der Waals surface area contributed by atoms with Gasteiger partial charge in [-0.2, -0.15) is 0 Å². The van der Waals surface area contributed by atoms with Crippen LogP contribution in [0.4, 0.5) is 0 Å². The van der Waals surface area contributed by atoms with Crippen molar-refractivity contribution < 1.29 is 9.90 Å². The van der Waals surface area contributed by atoms with Crippen molar-refractivity contribution in [3.8, 4) is 0 Å². The van der Waals surface area contributed by atoms with Crippen LogP contribution in [0.3, 0.4) is 0 Å². The Morgan fingerprint density at radius 2 is 1.77 bits per heavy atom. The number of hydrogen-bond acceptors (Lipinski definition) is 4. The first-order valence-corrected chi connectivity index (χ1v) is 12.1. The highest BCUT2D eigenvalue weighted by Gasteiger charge is 2.35. The molecule has 1 fully saturated rings. The Morgan fingerprint density at radius 1 is 1.06 bits per heavy atom. The highest BCUT2D eigenvalue weighted by molar-refractivity contribution is 14.1. The topological polar surface area (TPSA) is 55.8 Å². The average Bonchev–Trinajstić information content (AvgIpc) is 2.77. The van der Waals surface area contributed by atoms with E-state index in [0.29, 0.717) is 18.9 Å². The molecular formula is C25H30IN3O2. The number of rotatable bonds is 6. The highest BCUT2D eigenvalue weighted by Crippen LogP contribution is 2.28. The zero-order valence-corrected chi connectivity index (χ0v) is 20.1. The van der Waals surface area contributed by atoms with E-state index in [-0.39, 0.29) is 5.91 Å². The Hall–Kier alpha value is -2.06. The number of aliphatic hydroxyl groups is 1. The summed E-state index contributed by atoms with van der Waals surface area (Å²) in [4.78, 5) is 17.0. The SMILES string of the molecule is CCN1C(=O)C(Cc2cccc(I)c2)=C(N2CCC(Cc3ccccc3)CC2)NC1O. The van der Waals surface area contributed by atoms with Gasteiger partial charge in [-0.25, -0.2) is 0 Å². The molecule has 0 saturated carbocycles. The van der Waals surface area contributed by atoms with Gasteiger partial charge in [0.05, 0.1) is 5.57 Å². The molecule has 4 rings (SSSR count). The van der Waals surface area contributed by atoms with Crippen molar-refractivity contribution in [3.05, 3.63) is 80.7 Å². The molecule has 5 nitrogen and oxygen atoms in total. The van der Waals surface area contributed by atoms with Crippen molar-refractivity contribution in [2.45, 2.75) is 39.0 Å². The molecule has 2 N–H and O–H groups in total. The van der Waals surface area contributed by atoms with E-state index < -0.39 is 6.35 Å². The minimum Gasteiger partial charge on any atom is -0.358 e. The first-order valence-electron chi connectivity index (χ1n) is 11.1. The molecule has 1 unspecified atom stereocenters. The minimum atomic E-state index is -0.978. The Labute approximate surface area is 198 Å². The van der Waals surface area contributed by atoms with Crippen LogP contribution in [0.1, 0.15) is 30.9 Å². The van der Waals surface area contributed by atoms with Crippen molar-refractivity contribution in [2.75, 3.05) is 19.6 Å². The fourth-order valence-electron chi connectivity index (χ4n) is 4.59. The number of carbonyl (C=O) groups excluding carboxylic acids is 1. The maximum absolute atomic E-state index is 13.3. The molecular weight excluding hydrogens is 501 g/mol. The van der Waals surface area contributed by atoms with Crippen LogP contribution in [0.15, 0.2) is 66.0 Å². The number of likely N-dealkylation sites (N-methyl/N-ethyl adjacent to an activating group) is 1. The Kier molecular flexibility index (Phi) is 7.17. The summed E-state index contributed by atoms with van der Waals surface area (Å²) in [7, 11) is 0. The van der Waals surface area contributed by atoms with Gasteiger partial charge in [0.25, 0.3) is 5.91 Å². The molecule has 2 aliphatic heterocycles. The van der Waals surface area contributed by atoms with E-state index in [2.05, 4.69) is 81.3 Å². The number of benzene rings is 2. The third kappa shape index (κ3) is 5.23. The third-order valence-corrected chi connectivity index (χ3v) is 6.95. The molecule has 31 heavy (non-hydrogen) atoms. The molecule has 6 heteroatoms. The van der Waals surface area contributed by atoms with Gasteiger partial charge in [-0.1, -0.05) is 42.5 Å². The molecule has 0 spiro atoms. The molecule has 0 radical (unpaired) electrons. The van der Waals surface area contributed by atoms with Crippen molar-refractivity contribution in [2.24, 2.45) is 5.92 Å². The first kappa shape index (κ1) is 22.1. The summed E-state index contributed by atoms with van der Waals surface area (Å²) in [6.45, 7) is 4.14. The van der Waals surface area contributed by atoms with Gasteiger partial charge in [0.1, 0.15) is 5.82 Å². The van der Waals surface area contributed by atoms with Crippen LogP contribution in [-0.2, 0) is 17.6 Å². The highest BCUT2D eigenvalue weighted by atomic mass is 127. The van der Waals surface area contributed by atoms with E-state index in [1.807, 2.05) is 13.0 Å². The zero-order valence-electron chi connectivity index (χ0n) is 17.9. The van der Waals surface area contributed by atoms with E-state index in [0.717, 1.165) is 52.9 Å². The second-order valence-corrected chi connectivity index (χ2v) is 9.61. The Balaban J connectivity index is 1.53. The number of nitrogens with one attached hydrogen (secondary N) is 1. The van der Waals surface area contributed by atoms with Crippen molar-refractivity contribution >= 4 is 28.5 Å². The maximum Gasteiger partial charge on any atom is 0.257 e. The molecule has 1 amide bonds. The Bertz CT molecular complexity index is 939. The number of piperidine rings is 1. The molecule has 2 aliphatic rings. The largest absolute Gasteiger partial charge is 0.358 e. The predicted octanol–water partition coefficient (Wildman–Crippen LogP) is 3.73. The molecule has 2 aromatic rings. The Morgan fingerprint density at radius 3 is 2.45 bits per heavy atom. The van der Waals surface area contributed by atoms with Gasteiger partial charge in [0, 0.05) is 29.6 Å². The van der Waals surface area contributed by atoms with Crippen LogP contribution in [0.2, 0.25) is 0 Å². The van der Waals surface area contributed by atoms with Crippen LogP contribution < -0.4 is 5.32 Å². The van der Waals surface area contributed by atoms with E-state index >= 15 is 0 Å². The first-order chi connectivity index (χ1) is 15.0. The summed E-state index contributed by atoms with van der Waals surface area (Å²) in [5, 5.41) is 13.8. The van der Waals surface area contributed by atoms with Gasteiger partial charge >= 0.3 is 0 Å². The van der Waals surface area contributed by atoms with Crippen LogP contribution in [0.25, 0.3) is 0 Å². The molecule has 2 aromatic carbocycles. The summed E-state index contributed by atoms with van der Waals surface area (Å²) < 4.78 is 1.16. The van der Waals surface area contributed by atoms with Gasteiger partial charge in [0.15, 0.2) is 0 Å². The number of amides is 1. The number of carbonyl (C=O) groups is 1. The van der Waals surface area contributed by atoms with Crippen molar-refractivity contribution in [3.63, 3.8) is 0 Å². The van der Waals surface area contributed by atoms with Crippen molar-refractivity contribution in [1.29, 1.82) is 0 Å². The molecule has 0 aromatic heterocycles. The van der Waals surface area contributed by atoms with Crippen molar-refractivity contribution in [1.82, 2.24) is 15.1 Å². The minimum absolute atomic E-state index is 0.0750. The molecule has 0 aliphatic carbocycles. The monoisotopic (exact) mass is 531 g/mol. The summed E-state index contributed by atoms with van der Waals surface area (Å²) in [6.07, 6.45) is 2.85. The van der Waals surface area contributed by atoms with Crippen LogP contribution >= 0.6 is 22.6 Å². The molecule has 2 heterocycles. The van der Waals surface area contributed by atoms with E-state index in [1.165, 1.54) is 10.5 Å². The van der Waals surface area contributed by atoms with Crippen LogP contribution in [-0.4, -0.2) is 46.8 Å². The fourth-order valence-corrected chi connectivity index (χ4v) is 5.20. The second-order valence-electron chi connectivity index (χ2n) is 8.36. The summed E-state index contributed by atoms with van der Waals surface area (Å²) in [5.74, 6) is 1.38. The molecule has 164 valence electrons. The summed E-state index contributed by atoms with van der Waals surface area (Å²) >= 11 is 2.30. The van der Waals surface area contributed by atoms with Gasteiger partial charge in [-0.3, -0.25) is 9.69 Å². The smallest absolute Gasteiger partial charge is 0.257 e. The van der Waals surface area contributed by atoms with E-state index in [1.54, 1.807) is 0 Å². The number of hydrogen-bond donors (Lipinski definition) is 2. The third-order valence-electron chi connectivity index (χ3n) is 6.27. The van der Waals surface area contributed by atoms with Crippen LogP contribution in [0, 0.1) is 9.49 Å². The van der Waals surface area contributed by atoms with Gasteiger partial charge < -0.3 is 15.3 Å². The lowest BCUT2D eigenvalue weighted by Gasteiger charge is -2.42. The lowest BCUT2D eigenvalue weighted by Crippen LogP contribution is -2.57. The van der Waals surface area contributed by atoms with Crippen LogP contribution in [0.5, 0.6) is 0 Å². The van der Waals surface area contributed by atoms with Gasteiger partial charge in [-0.15, -0.1) is 0 Å². The zero-order chi connectivity index (χ0) is 21.8. The average molecular weight is 531 g/mol. The molecule has 1 atom stereocenters. The number of halogens is 1. The number of aliphatic hydroxyl groups excluding tert-OH is 1. The number of likely N-dealkylation sites (tertiary alicyclic amines) is 1. The maximum atomic E-state index is 13.3. The lowest BCUT2D eigenvalue weighted by molar-refractivity contribution is -0.141. The second kappa shape index (κ2) is 10.0. The summed E-state index contributed by atoms with van der Waals surface area (Å²) in [5.41, 5.74) is 3.25. The van der Waals surface area contributed by atoms with E-state index in [9.17, 15) is 9.90 Å². The lowest BCUT2D eigenvalue weighted by atomic mass is 9.90. The summed E-state index contributed by atoms with van der Waals surface area (Å²) in [6, 6.07) is 18.9. The normalized spacial score (nSPS) is 20.2. The van der Waals surface area contributed by atoms with Gasteiger partial charge in [-0.05, 0) is 78.0 Å².